The molecule has 2 fully saturated rings. The number of aliphatic carboxylic acids is 1. The summed E-state index contributed by atoms with van der Waals surface area (Å²) >= 11 is 0. The molecule has 1 saturated heterocycles. The fourth-order valence-electron chi connectivity index (χ4n) is 3.67. The van der Waals surface area contributed by atoms with Crippen molar-refractivity contribution in [2.45, 2.75) is 50.7 Å². The van der Waals surface area contributed by atoms with Crippen LogP contribution in [0.1, 0.15) is 42.7 Å². The number of carbonyl (C=O) groups excluding carboxylic acids is 1. The van der Waals surface area contributed by atoms with Gasteiger partial charge in [-0.25, -0.2) is 0 Å². The van der Waals surface area contributed by atoms with Gasteiger partial charge in [-0.15, -0.1) is 0 Å². The molecule has 1 saturated carbocycles. The third-order valence-electron chi connectivity index (χ3n) is 4.96. The Kier molecular flexibility index (Phi) is 4.66. The molecular formula is C18H23NO4. The largest absolute Gasteiger partial charge is 0.481 e. The standard InChI is InChI=1S/C18H23NO4/c1-12-5-7-13(8-6-12)14(18(21)22)11-17(20)19-9-10-23-16-4-2-3-15(16)19/h5-8,14-16H,2-4,9-11H2,1H3,(H,21,22)/t14?,15-,16+/m0/s1. The van der Waals surface area contributed by atoms with Crippen LogP contribution in [-0.4, -0.2) is 47.2 Å². The van der Waals surface area contributed by atoms with Gasteiger partial charge in [-0.2, -0.15) is 0 Å². The zero-order chi connectivity index (χ0) is 16.4. The summed E-state index contributed by atoms with van der Waals surface area (Å²) in [5.74, 6) is -1.80. The molecule has 1 aromatic carbocycles. The quantitative estimate of drug-likeness (QED) is 0.925. The van der Waals surface area contributed by atoms with Crippen LogP contribution in [0, 0.1) is 6.92 Å². The molecule has 1 amide bonds. The second kappa shape index (κ2) is 6.71. The molecule has 1 heterocycles. The first-order valence-corrected chi connectivity index (χ1v) is 8.26. The first-order valence-electron chi connectivity index (χ1n) is 8.26. The Morgan fingerprint density at radius 1 is 1.30 bits per heavy atom. The van der Waals surface area contributed by atoms with E-state index in [4.69, 9.17) is 4.74 Å². The third kappa shape index (κ3) is 3.39. The normalized spacial score (nSPS) is 25.0. The van der Waals surface area contributed by atoms with E-state index in [1.54, 1.807) is 12.1 Å². The van der Waals surface area contributed by atoms with Crippen LogP contribution in [0.4, 0.5) is 0 Å². The van der Waals surface area contributed by atoms with Gasteiger partial charge < -0.3 is 14.7 Å². The lowest BCUT2D eigenvalue weighted by molar-refractivity contribution is -0.148. The Morgan fingerprint density at radius 3 is 2.74 bits per heavy atom. The number of aryl methyl sites for hydroxylation is 1. The maximum atomic E-state index is 12.7. The first-order chi connectivity index (χ1) is 11.1. The zero-order valence-corrected chi connectivity index (χ0v) is 13.4. The van der Waals surface area contributed by atoms with Crippen molar-refractivity contribution >= 4 is 11.9 Å². The third-order valence-corrected chi connectivity index (χ3v) is 4.96. The van der Waals surface area contributed by atoms with Crippen molar-refractivity contribution in [2.75, 3.05) is 13.2 Å². The van der Waals surface area contributed by atoms with E-state index < -0.39 is 11.9 Å². The molecule has 1 aromatic rings. The van der Waals surface area contributed by atoms with Gasteiger partial charge in [0.15, 0.2) is 0 Å². The topological polar surface area (TPSA) is 66.8 Å². The van der Waals surface area contributed by atoms with Gasteiger partial charge >= 0.3 is 5.97 Å². The number of rotatable bonds is 4. The second-order valence-electron chi connectivity index (χ2n) is 6.50. The van der Waals surface area contributed by atoms with Gasteiger partial charge in [-0.1, -0.05) is 29.8 Å². The van der Waals surface area contributed by atoms with Crippen molar-refractivity contribution in [1.29, 1.82) is 0 Å². The summed E-state index contributed by atoms with van der Waals surface area (Å²) in [6, 6.07) is 7.51. The van der Waals surface area contributed by atoms with Crippen molar-refractivity contribution in [3.8, 4) is 0 Å². The number of carboxylic acids is 1. The summed E-state index contributed by atoms with van der Waals surface area (Å²) < 4.78 is 5.72. The molecular weight excluding hydrogens is 294 g/mol. The number of carbonyl (C=O) groups is 2. The van der Waals surface area contributed by atoms with Gasteiger partial charge in [0, 0.05) is 13.0 Å². The number of hydrogen-bond acceptors (Lipinski definition) is 3. The molecule has 23 heavy (non-hydrogen) atoms. The number of morpholine rings is 1. The molecule has 0 aromatic heterocycles. The van der Waals surface area contributed by atoms with Gasteiger partial charge in [-0.05, 0) is 31.7 Å². The van der Waals surface area contributed by atoms with Gasteiger partial charge in [0.2, 0.25) is 5.91 Å². The van der Waals surface area contributed by atoms with Gasteiger partial charge in [0.25, 0.3) is 0 Å². The van der Waals surface area contributed by atoms with Crippen molar-refractivity contribution in [3.05, 3.63) is 35.4 Å². The summed E-state index contributed by atoms with van der Waals surface area (Å²) in [6.07, 6.45) is 3.17. The average Bonchev–Trinajstić information content (AvgIpc) is 3.01. The molecule has 1 N–H and O–H groups in total. The Balaban J connectivity index is 1.73. The van der Waals surface area contributed by atoms with E-state index in [1.165, 1.54) is 0 Å². The molecule has 5 heteroatoms. The van der Waals surface area contributed by atoms with Crippen LogP contribution in [-0.2, 0) is 14.3 Å². The van der Waals surface area contributed by atoms with Crippen LogP contribution >= 0.6 is 0 Å². The van der Waals surface area contributed by atoms with Crippen molar-refractivity contribution < 1.29 is 19.4 Å². The summed E-state index contributed by atoms with van der Waals surface area (Å²) in [7, 11) is 0. The maximum absolute atomic E-state index is 12.7. The zero-order valence-electron chi connectivity index (χ0n) is 13.4. The highest BCUT2D eigenvalue weighted by atomic mass is 16.5. The highest BCUT2D eigenvalue weighted by Gasteiger charge is 2.39. The minimum absolute atomic E-state index is 0.0155. The summed E-state index contributed by atoms with van der Waals surface area (Å²) in [6.45, 7) is 3.08. The smallest absolute Gasteiger partial charge is 0.311 e. The first kappa shape index (κ1) is 16.0. The van der Waals surface area contributed by atoms with Crippen molar-refractivity contribution in [2.24, 2.45) is 0 Å². The SMILES string of the molecule is Cc1ccc(C(CC(=O)N2CCO[C@@H]3CCC[C@@H]32)C(=O)O)cc1. The minimum Gasteiger partial charge on any atom is -0.481 e. The number of carboxylic acid groups (broad SMARTS) is 1. The Hall–Kier alpha value is -1.88. The molecule has 1 aliphatic heterocycles. The lowest BCUT2D eigenvalue weighted by Crippen LogP contribution is -2.51. The van der Waals surface area contributed by atoms with E-state index in [0.29, 0.717) is 18.7 Å². The Bertz CT molecular complexity index is 583. The number of nitrogens with zero attached hydrogens (tertiary/aromatic N) is 1. The summed E-state index contributed by atoms with van der Waals surface area (Å²) in [5, 5.41) is 9.54. The molecule has 1 aliphatic carbocycles. The van der Waals surface area contributed by atoms with E-state index in [9.17, 15) is 14.7 Å². The van der Waals surface area contributed by atoms with Crippen LogP contribution in [0.25, 0.3) is 0 Å². The van der Waals surface area contributed by atoms with E-state index in [0.717, 1.165) is 24.8 Å². The highest BCUT2D eigenvalue weighted by Crippen LogP contribution is 2.31. The molecule has 3 rings (SSSR count). The highest BCUT2D eigenvalue weighted by molar-refractivity contribution is 5.86. The van der Waals surface area contributed by atoms with Crippen LogP contribution in [0.5, 0.6) is 0 Å². The number of benzene rings is 1. The number of ether oxygens (including phenoxy) is 1. The molecule has 0 radical (unpaired) electrons. The van der Waals surface area contributed by atoms with E-state index in [-0.39, 0.29) is 24.5 Å². The van der Waals surface area contributed by atoms with Crippen LogP contribution in [0.15, 0.2) is 24.3 Å². The lowest BCUT2D eigenvalue weighted by atomic mass is 9.94. The molecule has 1 unspecified atom stereocenters. The predicted molar refractivity (Wildman–Crippen MR) is 85.3 cm³/mol. The van der Waals surface area contributed by atoms with Crippen molar-refractivity contribution in [1.82, 2.24) is 4.90 Å². The van der Waals surface area contributed by atoms with Gasteiger partial charge in [0.05, 0.1) is 24.7 Å². The molecule has 5 nitrogen and oxygen atoms in total. The lowest BCUT2D eigenvalue weighted by Gasteiger charge is -2.38. The van der Waals surface area contributed by atoms with E-state index in [1.807, 2.05) is 24.0 Å². The average molecular weight is 317 g/mol. The predicted octanol–water partition coefficient (Wildman–Crippen LogP) is 2.33. The number of amides is 1. The maximum Gasteiger partial charge on any atom is 0.311 e. The van der Waals surface area contributed by atoms with Gasteiger partial charge in [-0.3, -0.25) is 9.59 Å². The molecule has 3 atom stereocenters. The molecule has 2 aliphatic rings. The Labute approximate surface area is 136 Å². The fourth-order valence-corrected chi connectivity index (χ4v) is 3.67. The fraction of sp³-hybridized carbons (Fsp3) is 0.556. The Morgan fingerprint density at radius 2 is 2.04 bits per heavy atom. The van der Waals surface area contributed by atoms with E-state index >= 15 is 0 Å². The van der Waals surface area contributed by atoms with Crippen molar-refractivity contribution in [3.63, 3.8) is 0 Å². The van der Waals surface area contributed by atoms with Crippen LogP contribution in [0.2, 0.25) is 0 Å². The number of hydrogen-bond donors (Lipinski definition) is 1. The number of fused-ring (bicyclic) bond motifs is 1. The summed E-state index contributed by atoms with van der Waals surface area (Å²) in [5.41, 5.74) is 1.76. The minimum atomic E-state index is -0.946. The molecule has 0 bridgehead atoms. The monoisotopic (exact) mass is 317 g/mol. The summed E-state index contributed by atoms with van der Waals surface area (Å²) in [4.78, 5) is 26.2. The van der Waals surface area contributed by atoms with Crippen LogP contribution < -0.4 is 0 Å². The van der Waals surface area contributed by atoms with Gasteiger partial charge in [0.1, 0.15) is 0 Å². The molecule has 0 spiro atoms. The molecule has 124 valence electrons. The van der Waals surface area contributed by atoms with E-state index in [2.05, 4.69) is 0 Å². The van der Waals surface area contributed by atoms with Crippen LogP contribution in [0.3, 0.4) is 0 Å². The second-order valence-corrected chi connectivity index (χ2v) is 6.50.